The van der Waals surface area contributed by atoms with E-state index < -0.39 is 0 Å². The number of amides is 1. The fourth-order valence-electron chi connectivity index (χ4n) is 4.02. The third-order valence-corrected chi connectivity index (χ3v) is 5.64. The summed E-state index contributed by atoms with van der Waals surface area (Å²) in [5.74, 6) is 1.42. The van der Waals surface area contributed by atoms with Gasteiger partial charge >= 0.3 is 0 Å². The van der Waals surface area contributed by atoms with Gasteiger partial charge in [0.25, 0.3) is 0 Å². The van der Waals surface area contributed by atoms with E-state index in [1.54, 1.807) is 18.6 Å². The van der Waals surface area contributed by atoms with Gasteiger partial charge in [0.15, 0.2) is 5.82 Å². The topological polar surface area (TPSA) is 80.0 Å². The Labute approximate surface area is 153 Å². The lowest BCUT2D eigenvalue weighted by molar-refractivity contribution is -0.135. The number of aromatic nitrogens is 5. The number of hydrogen-bond donors (Lipinski definition) is 0. The number of likely N-dealkylation sites (N-methyl/N-ethyl adjacent to an activating group) is 1. The van der Waals surface area contributed by atoms with Crippen molar-refractivity contribution in [3.8, 4) is 11.5 Å². The molecule has 0 aromatic carbocycles. The van der Waals surface area contributed by atoms with Gasteiger partial charge in [-0.1, -0.05) is 0 Å². The molecule has 8 nitrogen and oxygen atoms in total. The van der Waals surface area contributed by atoms with Crippen LogP contribution in [-0.2, 0) is 11.3 Å². The van der Waals surface area contributed by atoms with Crippen molar-refractivity contribution in [2.24, 2.45) is 0 Å². The molecule has 4 heterocycles. The Kier molecular flexibility index (Phi) is 4.67. The minimum Gasteiger partial charge on any atom is -0.342 e. The van der Waals surface area contributed by atoms with Crippen LogP contribution in [0.5, 0.6) is 0 Å². The molecule has 0 aliphatic carbocycles. The Morgan fingerprint density at radius 1 is 1.15 bits per heavy atom. The average molecular weight is 355 g/mol. The molecular formula is C18H25N7O. The molecule has 2 aromatic heterocycles. The van der Waals surface area contributed by atoms with Crippen molar-refractivity contribution in [3.63, 3.8) is 0 Å². The van der Waals surface area contributed by atoms with Gasteiger partial charge in [-0.15, -0.1) is 10.2 Å². The maximum absolute atomic E-state index is 13.2. The summed E-state index contributed by atoms with van der Waals surface area (Å²) in [6.45, 7) is 2.90. The first kappa shape index (κ1) is 17.1. The quantitative estimate of drug-likeness (QED) is 0.822. The smallest absolute Gasteiger partial charge is 0.233 e. The number of rotatable bonds is 3. The highest BCUT2D eigenvalue weighted by molar-refractivity contribution is 5.83. The number of carbonyl (C=O) groups excluding carboxylic acids is 1. The first-order valence-electron chi connectivity index (χ1n) is 9.30. The van der Waals surface area contributed by atoms with Crippen molar-refractivity contribution < 1.29 is 4.79 Å². The lowest BCUT2D eigenvalue weighted by Crippen LogP contribution is -2.46. The predicted molar refractivity (Wildman–Crippen MR) is 96.3 cm³/mol. The van der Waals surface area contributed by atoms with Gasteiger partial charge in [-0.25, -0.2) is 4.98 Å². The molecule has 1 fully saturated rings. The number of likely N-dealkylation sites (tertiary alicyclic amines) is 1. The molecule has 1 atom stereocenters. The van der Waals surface area contributed by atoms with Crippen molar-refractivity contribution in [3.05, 3.63) is 24.4 Å². The van der Waals surface area contributed by atoms with E-state index in [2.05, 4.69) is 32.1 Å². The van der Waals surface area contributed by atoms with E-state index in [-0.39, 0.29) is 11.8 Å². The Morgan fingerprint density at radius 2 is 1.96 bits per heavy atom. The van der Waals surface area contributed by atoms with Crippen molar-refractivity contribution in [1.82, 2.24) is 34.5 Å². The molecule has 0 saturated carbocycles. The summed E-state index contributed by atoms with van der Waals surface area (Å²) in [7, 11) is 4.08. The summed E-state index contributed by atoms with van der Waals surface area (Å²) in [4.78, 5) is 25.9. The van der Waals surface area contributed by atoms with Crippen LogP contribution in [0.4, 0.5) is 0 Å². The van der Waals surface area contributed by atoms with E-state index in [4.69, 9.17) is 0 Å². The summed E-state index contributed by atoms with van der Waals surface area (Å²) in [6.07, 6.45) is 8.81. The largest absolute Gasteiger partial charge is 0.342 e. The first-order valence-corrected chi connectivity index (χ1v) is 9.30. The van der Waals surface area contributed by atoms with Crippen molar-refractivity contribution in [1.29, 1.82) is 0 Å². The lowest BCUT2D eigenvalue weighted by atomic mass is 9.95. The molecule has 4 rings (SSSR count). The van der Waals surface area contributed by atoms with Gasteiger partial charge in [-0.05, 0) is 45.8 Å². The minimum atomic E-state index is -0.216. The Bertz CT molecular complexity index is 767. The summed E-state index contributed by atoms with van der Waals surface area (Å²) in [5.41, 5.74) is 0.697. The fraction of sp³-hybridized carbons (Fsp3) is 0.611. The lowest BCUT2D eigenvalue weighted by Gasteiger charge is -2.37. The number of hydrogen-bond acceptors (Lipinski definition) is 6. The predicted octanol–water partition coefficient (Wildman–Crippen LogP) is 1.17. The van der Waals surface area contributed by atoms with Crippen molar-refractivity contribution in [2.45, 2.75) is 44.2 Å². The van der Waals surface area contributed by atoms with Crippen LogP contribution in [0.1, 0.15) is 37.4 Å². The molecule has 26 heavy (non-hydrogen) atoms. The highest BCUT2D eigenvalue weighted by Gasteiger charge is 2.35. The molecular weight excluding hydrogens is 330 g/mol. The van der Waals surface area contributed by atoms with Crippen LogP contribution >= 0.6 is 0 Å². The van der Waals surface area contributed by atoms with Crippen LogP contribution in [0.3, 0.4) is 0 Å². The van der Waals surface area contributed by atoms with Gasteiger partial charge in [0.2, 0.25) is 5.91 Å². The molecule has 0 bridgehead atoms. The maximum Gasteiger partial charge on any atom is 0.233 e. The molecule has 0 radical (unpaired) electrons. The zero-order valence-corrected chi connectivity index (χ0v) is 15.4. The van der Waals surface area contributed by atoms with Crippen LogP contribution in [-0.4, -0.2) is 73.7 Å². The number of piperidine rings is 1. The van der Waals surface area contributed by atoms with Gasteiger partial charge in [-0.2, -0.15) is 0 Å². The van der Waals surface area contributed by atoms with Crippen LogP contribution < -0.4 is 0 Å². The van der Waals surface area contributed by atoms with E-state index in [1.165, 1.54) is 0 Å². The molecule has 0 spiro atoms. The molecule has 8 heteroatoms. The second-order valence-electron chi connectivity index (χ2n) is 7.30. The normalized spacial score (nSPS) is 21.4. The second-order valence-corrected chi connectivity index (χ2v) is 7.30. The van der Waals surface area contributed by atoms with E-state index in [9.17, 15) is 4.79 Å². The molecule has 1 unspecified atom stereocenters. The van der Waals surface area contributed by atoms with Crippen LogP contribution in [0.2, 0.25) is 0 Å². The molecule has 2 aliphatic heterocycles. The fourth-order valence-corrected chi connectivity index (χ4v) is 4.02. The summed E-state index contributed by atoms with van der Waals surface area (Å²) in [6, 6.07) is 0.316. The zero-order valence-electron chi connectivity index (χ0n) is 15.4. The van der Waals surface area contributed by atoms with Crippen LogP contribution in [0.25, 0.3) is 11.5 Å². The molecule has 1 amide bonds. The monoisotopic (exact) mass is 355 g/mol. The molecule has 138 valence electrons. The molecule has 2 aromatic rings. The van der Waals surface area contributed by atoms with Crippen molar-refractivity contribution in [2.75, 3.05) is 27.2 Å². The van der Waals surface area contributed by atoms with E-state index in [1.807, 2.05) is 16.5 Å². The highest BCUT2D eigenvalue weighted by Crippen LogP contribution is 2.31. The number of carbonyl (C=O) groups is 1. The molecule has 0 N–H and O–H groups in total. The van der Waals surface area contributed by atoms with Crippen molar-refractivity contribution >= 4 is 5.91 Å². The molecule has 2 aliphatic rings. The SMILES string of the molecule is CN1CCC(N(C)C(=O)C2CCCn3c(-c4cnccn4)nnc32)CC1. The maximum atomic E-state index is 13.2. The summed E-state index contributed by atoms with van der Waals surface area (Å²) < 4.78 is 2.04. The summed E-state index contributed by atoms with van der Waals surface area (Å²) >= 11 is 0. The van der Waals surface area contributed by atoms with E-state index >= 15 is 0 Å². The Hall–Kier alpha value is -2.35. The van der Waals surface area contributed by atoms with E-state index in [0.717, 1.165) is 51.1 Å². The third-order valence-electron chi connectivity index (χ3n) is 5.64. The van der Waals surface area contributed by atoms with Crippen LogP contribution in [0, 0.1) is 0 Å². The van der Waals surface area contributed by atoms with E-state index in [0.29, 0.717) is 17.6 Å². The number of fused-ring (bicyclic) bond motifs is 1. The first-order chi connectivity index (χ1) is 12.6. The van der Waals surface area contributed by atoms with Gasteiger partial charge in [0, 0.05) is 32.0 Å². The minimum absolute atomic E-state index is 0.165. The van der Waals surface area contributed by atoms with Gasteiger partial charge in [0.05, 0.1) is 12.1 Å². The third kappa shape index (κ3) is 3.09. The Morgan fingerprint density at radius 3 is 2.69 bits per heavy atom. The summed E-state index contributed by atoms with van der Waals surface area (Å²) in [5, 5.41) is 8.68. The zero-order chi connectivity index (χ0) is 18.1. The van der Waals surface area contributed by atoms with Gasteiger partial charge in [-0.3, -0.25) is 9.78 Å². The second kappa shape index (κ2) is 7.11. The highest BCUT2D eigenvalue weighted by atomic mass is 16.2. The Balaban J connectivity index is 1.56. The standard InChI is InChI=1S/C18H25N7O/c1-23-10-5-13(6-11-23)24(2)18(26)14-4-3-9-25-16(14)21-22-17(25)15-12-19-7-8-20-15/h7-8,12-14H,3-6,9-11H2,1-2H3. The average Bonchev–Trinajstić information content (AvgIpc) is 3.12. The van der Waals surface area contributed by atoms with Gasteiger partial charge < -0.3 is 14.4 Å². The van der Waals surface area contributed by atoms with Gasteiger partial charge in [0.1, 0.15) is 11.5 Å². The van der Waals surface area contributed by atoms with Crippen LogP contribution in [0.15, 0.2) is 18.6 Å². The number of nitrogens with zero attached hydrogens (tertiary/aromatic N) is 7. The molecule has 1 saturated heterocycles.